The molecule has 0 aromatic heterocycles. The van der Waals surface area contributed by atoms with E-state index in [1.54, 1.807) is 6.92 Å². The molecule has 1 rings (SSSR count). The molecule has 1 heterocycles. The molecule has 1 saturated heterocycles. The molecule has 0 aromatic carbocycles. The van der Waals surface area contributed by atoms with E-state index in [0.717, 1.165) is 12.8 Å². The van der Waals surface area contributed by atoms with Crippen LogP contribution in [0.4, 0.5) is 0 Å². The normalized spacial score (nSPS) is 21.0. The standard InChI is InChI=1S/C9H17N3O3/c1-6(8(10)12-14)11-9(13)7-2-4-15-5-3-7/h6-7,14H,2-5H2,1H3,(H2,10,12)(H,11,13). The number of rotatable bonds is 3. The molecule has 6 heteroatoms. The Morgan fingerprint density at radius 3 is 2.73 bits per heavy atom. The third-order valence-electron chi connectivity index (χ3n) is 2.51. The van der Waals surface area contributed by atoms with Crippen LogP contribution in [-0.2, 0) is 9.53 Å². The van der Waals surface area contributed by atoms with E-state index in [9.17, 15) is 4.79 Å². The van der Waals surface area contributed by atoms with Crippen molar-refractivity contribution in [1.29, 1.82) is 0 Å². The molecule has 1 aliphatic rings. The summed E-state index contributed by atoms with van der Waals surface area (Å²) in [5, 5.41) is 14.0. The minimum atomic E-state index is -0.439. The van der Waals surface area contributed by atoms with Crippen LogP contribution in [0.15, 0.2) is 5.16 Å². The summed E-state index contributed by atoms with van der Waals surface area (Å²) in [5.41, 5.74) is 5.35. The average molecular weight is 215 g/mol. The Kier molecular flexibility index (Phi) is 4.36. The van der Waals surface area contributed by atoms with Crippen LogP contribution in [0.2, 0.25) is 0 Å². The van der Waals surface area contributed by atoms with Crippen molar-refractivity contribution in [3.63, 3.8) is 0 Å². The zero-order valence-corrected chi connectivity index (χ0v) is 8.77. The van der Waals surface area contributed by atoms with E-state index in [1.807, 2.05) is 0 Å². The van der Waals surface area contributed by atoms with Crippen LogP contribution in [0, 0.1) is 5.92 Å². The number of nitrogens with two attached hydrogens (primary N) is 1. The summed E-state index contributed by atoms with van der Waals surface area (Å²) in [6, 6.07) is -0.439. The first-order valence-electron chi connectivity index (χ1n) is 5.00. The first-order chi connectivity index (χ1) is 7.15. The Balaban J connectivity index is 2.40. The van der Waals surface area contributed by atoms with E-state index in [-0.39, 0.29) is 17.7 Å². The Morgan fingerprint density at radius 2 is 2.20 bits per heavy atom. The number of ether oxygens (including phenoxy) is 1. The highest BCUT2D eigenvalue weighted by Crippen LogP contribution is 2.14. The highest BCUT2D eigenvalue weighted by molar-refractivity contribution is 5.90. The first kappa shape index (κ1) is 11.8. The number of hydrogen-bond acceptors (Lipinski definition) is 4. The molecule has 15 heavy (non-hydrogen) atoms. The summed E-state index contributed by atoms with van der Waals surface area (Å²) in [7, 11) is 0. The lowest BCUT2D eigenvalue weighted by molar-refractivity contribution is -0.128. The van der Waals surface area contributed by atoms with Crippen LogP contribution in [0.1, 0.15) is 19.8 Å². The maximum Gasteiger partial charge on any atom is 0.223 e. The van der Waals surface area contributed by atoms with Crippen molar-refractivity contribution in [2.45, 2.75) is 25.8 Å². The van der Waals surface area contributed by atoms with Gasteiger partial charge in [0, 0.05) is 19.1 Å². The van der Waals surface area contributed by atoms with Crippen LogP contribution < -0.4 is 11.1 Å². The van der Waals surface area contributed by atoms with Crippen LogP contribution in [0.5, 0.6) is 0 Å². The molecule has 0 bridgehead atoms. The van der Waals surface area contributed by atoms with Crippen molar-refractivity contribution in [2.24, 2.45) is 16.8 Å². The fourth-order valence-corrected chi connectivity index (χ4v) is 1.45. The second-order valence-electron chi connectivity index (χ2n) is 3.64. The number of amides is 1. The number of nitrogens with zero attached hydrogens (tertiary/aromatic N) is 1. The molecule has 0 radical (unpaired) electrons. The molecule has 1 amide bonds. The molecule has 0 saturated carbocycles. The summed E-state index contributed by atoms with van der Waals surface area (Å²) in [5.74, 6) is -0.0690. The van der Waals surface area contributed by atoms with Gasteiger partial charge >= 0.3 is 0 Å². The topological polar surface area (TPSA) is 96.9 Å². The van der Waals surface area contributed by atoms with Gasteiger partial charge in [0.1, 0.15) is 0 Å². The van der Waals surface area contributed by atoms with Gasteiger partial charge in [-0.2, -0.15) is 0 Å². The fourth-order valence-electron chi connectivity index (χ4n) is 1.45. The van der Waals surface area contributed by atoms with Crippen molar-refractivity contribution in [3.05, 3.63) is 0 Å². The molecule has 1 unspecified atom stereocenters. The molecule has 1 fully saturated rings. The van der Waals surface area contributed by atoms with Crippen molar-refractivity contribution < 1.29 is 14.7 Å². The molecule has 0 spiro atoms. The van der Waals surface area contributed by atoms with Gasteiger partial charge in [0.2, 0.25) is 5.91 Å². The van der Waals surface area contributed by atoms with Gasteiger partial charge in [0.25, 0.3) is 0 Å². The quantitative estimate of drug-likeness (QED) is 0.260. The van der Waals surface area contributed by atoms with Gasteiger partial charge in [-0.05, 0) is 19.8 Å². The average Bonchev–Trinajstić information content (AvgIpc) is 2.29. The fraction of sp³-hybridized carbons (Fsp3) is 0.778. The van der Waals surface area contributed by atoms with Gasteiger partial charge < -0.3 is 21.0 Å². The molecule has 6 nitrogen and oxygen atoms in total. The SMILES string of the molecule is CC(NC(=O)C1CCOCC1)C(N)=NO. The lowest BCUT2D eigenvalue weighted by Gasteiger charge is -2.22. The van der Waals surface area contributed by atoms with E-state index in [2.05, 4.69) is 10.5 Å². The zero-order valence-electron chi connectivity index (χ0n) is 8.77. The summed E-state index contributed by atoms with van der Waals surface area (Å²) in [6.45, 7) is 2.92. The third kappa shape index (κ3) is 3.39. The molecular formula is C9H17N3O3. The lowest BCUT2D eigenvalue weighted by atomic mass is 9.99. The zero-order chi connectivity index (χ0) is 11.3. The number of nitrogens with one attached hydrogen (secondary N) is 1. The highest BCUT2D eigenvalue weighted by Gasteiger charge is 2.23. The number of hydrogen-bond donors (Lipinski definition) is 3. The second kappa shape index (κ2) is 5.55. The number of carbonyl (C=O) groups excluding carboxylic acids is 1. The third-order valence-corrected chi connectivity index (χ3v) is 2.51. The molecule has 0 aromatic rings. The van der Waals surface area contributed by atoms with Crippen molar-refractivity contribution in [2.75, 3.05) is 13.2 Å². The lowest BCUT2D eigenvalue weighted by Crippen LogP contribution is -2.45. The summed E-state index contributed by atoms with van der Waals surface area (Å²) < 4.78 is 5.16. The Morgan fingerprint density at radius 1 is 1.60 bits per heavy atom. The monoisotopic (exact) mass is 215 g/mol. The smallest absolute Gasteiger partial charge is 0.223 e. The van der Waals surface area contributed by atoms with E-state index < -0.39 is 6.04 Å². The first-order valence-corrected chi connectivity index (χ1v) is 5.00. The van der Waals surface area contributed by atoms with E-state index >= 15 is 0 Å². The predicted octanol–water partition coefficient (Wildman–Crippen LogP) is -0.336. The molecular weight excluding hydrogens is 198 g/mol. The van der Waals surface area contributed by atoms with Gasteiger partial charge in [-0.15, -0.1) is 0 Å². The minimum Gasteiger partial charge on any atom is -0.409 e. The van der Waals surface area contributed by atoms with Gasteiger partial charge in [-0.3, -0.25) is 4.79 Å². The largest absolute Gasteiger partial charge is 0.409 e. The van der Waals surface area contributed by atoms with Crippen LogP contribution in [-0.4, -0.2) is 36.2 Å². The van der Waals surface area contributed by atoms with Crippen molar-refractivity contribution in [1.82, 2.24) is 5.32 Å². The molecule has 86 valence electrons. The van der Waals surface area contributed by atoms with Crippen LogP contribution in [0.25, 0.3) is 0 Å². The predicted molar refractivity (Wildman–Crippen MR) is 54.6 cm³/mol. The molecule has 0 aliphatic carbocycles. The molecule has 1 aliphatic heterocycles. The van der Waals surface area contributed by atoms with Crippen molar-refractivity contribution in [3.8, 4) is 0 Å². The van der Waals surface area contributed by atoms with Gasteiger partial charge in [0.15, 0.2) is 5.84 Å². The number of carbonyl (C=O) groups is 1. The maximum atomic E-state index is 11.7. The highest BCUT2D eigenvalue weighted by atomic mass is 16.5. The van der Waals surface area contributed by atoms with Gasteiger partial charge in [-0.25, -0.2) is 0 Å². The Hall–Kier alpha value is -1.30. The molecule has 4 N–H and O–H groups in total. The second-order valence-corrected chi connectivity index (χ2v) is 3.64. The maximum absolute atomic E-state index is 11.7. The van der Waals surface area contributed by atoms with E-state index in [1.165, 1.54) is 0 Å². The summed E-state index contributed by atoms with van der Waals surface area (Å²) in [6.07, 6.45) is 1.46. The summed E-state index contributed by atoms with van der Waals surface area (Å²) in [4.78, 5) is 11.7. The number of oxime groups is 1. The van der Waals surface area contributed by atoms with E-state index in [4.69, 9.17) is 15.7 Å². The van der Waals surface area contributed by atoms with E-state index in [0.29, 0.717) is 13.2 Å². The van der Waals surface area contributed by atoms with Crippen molar-refractivity contribution >= 4 is 11.7 Å². The Bertz CT molecular complexity index is 249. The van der Waals surface area contributed by atoms with Gasteiger partial charge in [-0.1, -0.05) is 5.16 Å². The molecule has 1 atom stereocenters. The number of amidine groups is 1. The Labute approximate surface area is 88.5 Å². The van der Waals surface area contributed by atoms with Crippen LogP contribution in [0.3, 0.4) is 0 Å². The minimum absolute atomic E-state index is 0.00964. The van der Waals surface area contributed by atoms with Crippen LogP contribution >= 0.6 is 0 Å². The summed E-state index contributed by atoms with van der Waals surface area (Å²) >= 11 is 0. The van der Waals surface area contributed by atoms with Gasteiger partial charge in [0.05, 0.1) is 6.04 Å².